The van der Waals surface area contributed by atoms with Crippen molar-refractivity contribution >= 4 is 19.2 Å². The Morgan fingerprint density at radius 1 is 0.971 bits per heavy atom. The summed E-state index contributed by atoms with van der Waals surface area (Å²) in [5, 5.41) is 1.16. The zero-order chi connectivity index (χ0) is 24.6. The Kier molecular flexibility index (Phi) is 8.94. The van der Waals surface area contributed by atoms with Crippen LogP contribution in [0.25, 0.3) is 10.9 Å². The summed E-state index contributed by atoms with van der Waals surface area (Å²) in [7, 11) is -2.04. The van der Waals surface area contributed by atoms with Crippen molar-refractivity contribution in [3.63, 3.8) is 0 Å². The quantitative estimate of drug-likeness (QED) is 0.160. The molecule has 0 saturated carbocycles. The molecule has 34 heavy (non-hydrogen) atoms. The number of unbranched alkanes of at least 4 members (excludes halogenated alkanes) is 2. The predicted octanol–water partition coefficient (Wildman–Crippen LogP) is 8.11. The summed E-state index contributed by atoms with van der Waals surface area (Å²) in [6, 6.07) is 20.9. The molecule has 0 radical (unpaired) electrons. The van der Waals surface area contributed by atoms with Gasteiger partial charge in [0.05, 0.1) is 18.2 Å². The molecule has 0 saturated heterocycles. The fourth-order valence-corrected chi connectivity index (χ4v) is 5.01. The molecular formula is C30H39NO2Si. The molecule has 1 unspecified atom stereocenters. The Labute approximate surface area is 207 Å². The van der Waals surface area contributed by atoms with E-state index < -0.39 is 8.32 Å². The molecule has 0 N–H and O–H groups in total. The van der Waals surface area contributed by atoms with Crippen molar-refractivity contribution in [2.75, 3.05) is 6.61 Å². The van der Waals surface area contributed by atoms with Crippen LogP contribution in [0, 0.1) is 12.3 Å². The van der Waals surface area contributed by atoms with Crippen molar-refractivity contribution < 1.29 is 9.16 Å². The zero-order valence-corrected chi connectivity index (χ0v) is 22.4. The summed E-state index contributed by atoms with van der Waals surface area (Å²) in [5.74, 6) is 3.48. The lowest BCUT2D eigenvalue weighted by atomic mass is 10.1. The third-order valence-corrected chi connectivity index (χ3v) is 11.3. The maximum Gasteiger partial charge on any atom is 0.219 e. The molecule has 0 fully saturated rings. The van der Waals surface area contributed by atoms with Crippen LogP contribution in [-0.2, 0) is 10.8 Å². The summed E-state index contributed by atoms with van der Waals surface area (Å²) < 4.78 is 13.1. The molecule has 0 spiro atoms. The maximum absolute atomic E-state index is 6.79. The Bertz CT molecular complexity index is 1100. The van der Waals surface area contributed by atoms with E-state index in [1.165, 1.54) is 5.56 Å². The SMILES string of the molecule is C#CCC(O[Si](C)(C)C(C)(C)C)c1cc2ccccc2nc1OCCCCCc1ccccc1. The van der Waals surface area contributed by atoms with Gasteiger partial charge < -0.3 is 9.16 Å². The molecule has 0 bridgehead atoms. The fraction of sp³-hybridized carbons (Fsp3) is 0.433. The van der Waals surface area contributed by atoms with E-state index in [4.69, 9.17) is 20.6 Å². The largest absolute Gasteiger partial charge is 0.477 e. The summed E-state index contributed by atoms with van der Waals surface area (Å²) in [6.07, 6.45) is 10.4. The number of rotatable bonds is 11. The van der Waals surface area contributed by atoms with Gasteiger partial charge in [-0.15, -0.1) is 12.3 Å². The van der Waals surface area contributed by atoms with E-state index in [9.17, 15) is 0 Å². The minimum absolute atomic E-state index is 0.0872. The molecule has 0 amide bonds. The molecule has 2 aromatic carbocycles. The first kappa shape index (κ1) is 26.0. The number of aryl methyl sites for hydroxylation is 1. The normalized spacial score (nSPS) is 12.9. The molecule has 3 aromatic rings. The molecule has 0 aliphatic rings. The first-order chi connectivity index (χ1) is 16.2. The average molecular weight is 474 g/mol. The van der Waals surface area contributed by atoms with Crippen molar-refractivity contribution in [3.05, 3.63) is 71.8 Å². The first-order valence-electron chi connectivity index (χ1n) is 12.4. The van der Waals surface area contributed by atoms with Crippen LogP contribution in [0.5, 0.6) is 5.88 Å². The topological polar surface area (TPSA) is 31.4 Å². The fourth-order valence-electron chi connectivity index (χ4n) is 3.74. The number of hydrogen-bond donors (Lipinski definition) is 0. The second kappa shape index (κ2) is 11.7. The molecule has 1 heterocycles. The lowest BCUT2D eigenvalue weighted by Gasteiger charge is -2.39. The van der Waals surface area contributed by atoms with Gasteiger partial charge in [0.2, 0.25) is 5.88 Å². The average Bonchev–Trinajstić information content (AvgIpc) is 2.80. The number of terminal acetylenes is 1. The van der Waals surface area contributed by atoms with Crippen LogP contribution >= 0.6 is 0 Å². The second-order valence-corrected chi connectivity index (χ2v) is 15.3. The predicted molar refractivity (Wildman–Crippen MR) is 146 cm³/mol. The molecule has 1 atom stereocenters. The van der Waals surface area contributed by atoms with Crippen molar-refractivity contribution in [2.24, 2.45) is 0 Å². The summed E-state index contributed by atoms with van der Waals surface area (Å²) >= 11 is 0. The van der Waals surface area contributed by atoms with Gasteiger partial charge in [0, 0.05) is 17.4 Å². The zero-order valence-electron chi connectivity index (χ0n) is 21.4. The van der Waals surface area contributed by atoms with Gasteiger partial charge in [0.25, 0.3) is 0 Å². The summed E-state index contributed by atoms with van der Waals surface area (Å²) in [5.41, 5.74) is 3.28. The smallest absolute Gasteiger partial charge is 0.219 e. The van der Waals surface area contributed by atoms with Gasteiger partial charge in [-0.25, -0.2) is 4.98 Å². The molecule has 0 aliphatic heterocycles. The molecule has 1 aromatic heterocycles. The molecule has 0 aliphatic carbocycles. The summed E-state index contributed by atoms with van der Waals surface area (Å²) in [4.78, 5) is 4.88. The first-order valence-corrected chi connectivity index (χ1v) is 15.3. The highest BCUT2D eigenvalue weighted by atomic mass is 28.4. The number of ether oxygens (including phenoxy) is 1. The van der Waals surface area contributed by atoms with E-state index in [-0.39, 0.29) is 11.1 Å². The number of para-hydroxylation sites is 1. The number of nitrogens with zero attached hydrogens (tertiary/aromatic N) is 1. The van der Waals surface area contributed by atoms with Crippen LogP contribution in [0.4, 0.5) is 0 Å². The number of hydrogen-bond acceptors (Lipinski definition) is 3. The minimum Gasteiger partial charge on any atom is -0.477 e. The van der Waals surface area contributed by atoms with Crippen LogP contribution in [0.15, 0.2) is 60.7 Å². The van der Waals surface area contributed by atoms with Crippen LogP contribution in [0.2, 0.25) is 18.1 Å². The summed E-state index contributed by atoms with van der Waals surface area (Å²) in [6.45, 7) is 11.9. The van der Waals surface area contributed by atoms with Gasteiger partial charge in [0.1, 0.15) is 0 Å². The Morgan fingerprint density at radius 3 is 2.38 bits per heavy atom. The van der Waals surface area contributed by atoms with Crippen molar-refractivity contribution in [1.82, 2.24) is 4.98 Å². The highest BCUT2D eigenvalue weighted by Crippen LogP contribution is 2.42. The van der Waals surface area contributed by atoms with Gasteiger partial charge in [-0.2, -0.15) is 0 Å². The second-order valence-electron chi connectivity index (χ2n) is 10.5. The Hall–Kier alpha value is -2.61. The lowest BCUT2D eigenvalue weighted by Crippen LogP contribution is -2.41. The molecule has 180 valence electrons. The van der Waals surface area contributed by atoms with E-state index in [0.717, 1.165) is 42.1 Å². The Balaban J connectivity index is 1.74. The molecular weight excluding hydrogens is 434 g/mol. The van der Waals surface area contributed by atoms with Crippen molar-refractivity contribution in [3.8, 4) is 18.2 Å². The van der Waals surface area contributed by atoms with Crippen LogP contribution in [0.3, 0.4) is 0 Å². The number of benzene rings is 2. The van der Waals surface area contributed by atoms with E-state index >= 15 is 0 Å². The standard InChI is InChI=1S/C30H39NO2Si/c1-7-16-28(33-34(5,6)30(2,3)4)26-23-25-20-13-14-21-27(25)31-29(26)32-22-15-9-12-19-24-17-10-8-11-18-24/h1,8,10-11,13-14,17-18,20-21,23,28H,9,12,15-16,19,22H2,2-6H3. The van der Waals surface area contributed by atoms with Gasteiger partial charge in [-0.1, -0.05) is 69.3 Å². The molecule has 3 rings (SSSR count). The van der Waals surface area contributed by atoms with E-state index in [1.54, 1.807) is 0 Å². The van der Waals surface area contributed by atoms with Crippen LogP contribution in [0.1, 0.15) is 63.7 Å². The lowest BCUT2D eigenvalue weighted by molar-refractivity contribution is 0.180. The highest BCUT2D eigenvalue weighted by molar-refractivity contribution is 6.74. The molecule has 3 nitrogen and oxygen atoms in total. The van der Waals surface area contributed by atoms with E-state index in [0.29, 0.717) is 18.9 Å². The Morgan fingerprint density at radius 2 is 1.68 bits per heavy atom. The van der Waals surface area contributed by atoms with Crippen LogP contribution < -0.4 is 4.74 Å². The van der Waals surface area contributed by atoms with Gasteiger partial charge in [-0.05, 0) is 61.5 Å². The van der Waals surface area contributed by atoms with Gasteiger partial charge in [0.15, 0.2) is 8.32 Å². The van der Waals surface area contributed by atoms with E-state index in [2.05, 4.69) is 82.3 Å². The maximum atomic E-state index is 6.79. The number of aromatic nitrogens is 1. The van der Waals surface area contributed by atoms with Crippen molar-refractivity contribution in [1.29, 1.82) is 0 Å². The molecule has 4 heteroatoms. The third kappa shape index (κ3) is 6.95. The van der Waals surface area contributed by atoms with Gasteiger partial charge in [-0.3, -0.25) is 0 Å². The van der Waals surface area contributed by atoms with Crippen molar-refractivity contribution in [2.45, 2.75) is 77.1 Å². The van der Waals surface area contributed by atoms with E-state index in [1.807, 2.05) is 18.2 Å². The highest BCUT2D eigenvalue weighted by Gasteiger charge is 2.40. The van der Waals surface area contributed by atoms with Gasteiger partial charge >= 0.3 is 0 Å². The third-order valence-electron chi connectivity index (χ3n) is 6.80. The number of fused-ring (bicyclic) bond motifs is 1. The number of pyridine rings is 1. The van der Waals surface area contributed by atoms with Crippen LogP contribution in [-0.4, -0.2) is 19.9 Å². The monoisotopic (exact) mass is 473 g/mol. The minimum atomic E-state index is -2.04.